The lowest BCUT2D eigenvalue weighted by Gasteiger charge is -2.10. The van der Waals surface area contributed by atoms with E-state index in [1.165, 1.54) is 10.9 Å². The Kier molecular flexibility index (Phi) is 3.08. The predicted octanol–water partition coefficient (Wildman–Crippen LogP) is 2.87. The minimum Gasteiger partial charge on any atom is -0.346 e. The van der Waals surface area contributed by atoms with Crippen LogP contribution in [0.4, 0.5) is 0 Å². The molecule has 92 valence electrons. The fourth-order valence-corrected chi connectivity index (χ4v) is 2.63. The maximum atomic E-state index is 4.31. The van der Waals surface area contributed by atoms with E-state index in [1.807, 2.05) is 23.8 Å². The normalized spacial score (nSPS) is 12.9. The van der Waals surface area contributed by atoms with E-state index in [0.29, 0.717) is 0 Å². The molecule has 1 unspecified atom stereocenters. The van der Waals surface area contributed by atoms with E-state index in [0.717, 1.165) is 17.2 Å². The first-order valence-corrected chi connectivity index (χ1v) is 6.76. The van der Waals surface area contributed by atoms with Gasteiger partial charge in [-0.1, -0.05) is 0 Å². The lowest BCUT2D eigenvalue weighted by atomic mass is 10.2. The number of fused-ring (bicyclic) bond motifs is 1. The zero-order valence-corrected chi connectivity index (χ0v) is 10.9. The molecule has 3 rings (SSSR count). The van der Waals surface area contributed by atoms with Crippen molar-refractivity contribution in [3.8, 4) is 0 Å². The molecule has 0 radical (unpaired) electrons. The molecule has 18 heavy (non-hydrogen) atoms. The first-order chi connectivity index (χ1) is 8.84. The summed E-state index contributed by atoms with van der Waals surface area (Å²) < 4.78 is 0. The molecule has 3 aromatic rings. The van der Waals surface area contributed by atoms with Gasteiger partial charge in [0.25, 0.3) is 0 Å². The first kappa shape index (κ1) is 11.4. The molecule has 5 heteroatoms. The molecule has 0 amide bonds. The highest BCUT2D eigenvalue weighted by atomic mass is 32.1. The van der Waals surface area contributed by atoms with E-state index >= 15 is 0 Å². The Bertz CT molecular complexity index is 629. The van der Waals surface area contributed by atoms with Crippen molar-refractivity contribution in [3.63, 3.8) is 0 Å². The van der Waals surface area contributed by atoms with Crippen molar-refractivity contribution >= 4 is 22.4 Å². The van der Waals surface area contributed by atoms with Crippen LogP contribution >= 0.6 is 11.3 Å². The minimum atomic E-state index is 0.270. The molecule has 0 aliphatic carbocycles. The zero-order chi connectivity index (χ0) is 12.4. The number of H-pyrrole nitrogens is 1. The first-order valence-electron chi connectivity index (χ1n) is 5.88. The van der Waals surface area contributed by atoms with Crippen LogP contribution in [0, 0.1) is 0 Å². The van der Waals surface area contributed by atoms with Gasteiger partial charge in [-0.3, -0.25) is 0 Å². The molecule has 3 heterocycles. The maximum Gasteiger partial charge on any atom is 0.137 e. The van der Waals surface area contributed by atoms with Gasteiger partial charge in [0.05, 0.1) is 6.04 Å². The van der Waals surface area contributed by atoms with E-state index in [1.54, 1.807) is 17.5 Å². The van der Waals surface area contributed by atoms with Crippen molar-refractivity contribution in [2.75, 3.05) is 0 Å². The molecule has 0 aliphatic heterocycles. The van der Waals surface area contributed by atoms with Gasteiger partial charge in [-0.2, -0.15) is 0 Å². The van der Waals surface area contributed by atoms with Crippen molar-refractivity contribution in [3.05, 3.63) is 46.7 Å². The van der Waals surface area contributed by atoms with Crippen molar-refractivity contribution in [1.29, 1.82) is 0 Å². The molecule has 0 aromatic carbocycles. The Morgan fingerprint density at radius 2 is 2.33 bits per heavy atom. The van der Waals surface area contributed by atoms with E-state index < -0.39 is 0 Å². The number of nitrogens with zero attached hydrogens (tertiary/aromatic N) is 2. The van der Waals surface area contributed by atoms with Gasteiger partial charge in [-0.05, 0) is 24.6 Å². The summed E-state index contributed by atoms with van der Waals surface area (Å²) in [7, 11) is 0. The third-order valence-electron chi connectivity index (χ3n) is 2.96. The van der Waals surface area contributed by atoms with E-state index in [-0.39, 0.29) is 6.04 Å². The molecule has 0 fully saturated rings. The number of rotatable bonds is 4. The van der Waals surface area contributed by atoms with Crippen molar-refractivity contribution in [1.82, 2.24) is 20.3 Å². The molecule has 2 N–H and O–H groups in total. The summed E-state index contributed by atoms with van der Waals surface area (Å²) in [6, 6.07) is 4.32. The number of aromatic nitrogens is 3. The van der Waals surface area contributed by atoms with Crippen molar-refractivity contribution < 1.29 is 0 Å². The maximum absolute atomic E-state index is 4.31. The number of pyridine rings is 1. The molecule has 0 saturated heterocycles. The molecule has 1 atom stereocenters. The van der Waals surface area contributed by atoms with Gasteiger partial charge in [-0.25, -0.2) is 9.97 Å². The van der Waals surface area contributed by atoms with Crippen LogP contribution in [0.2, 0.25) is 0 Å². The van der Waals surface area contributed by atoms with E-state index in [4.69, 9.17) is 0 Å². The van der Waals surface area contributed by atoms with Gasteiger partial charge in [-0.15, -0.1) is 11.3 Å². The number of nitrogens with one attached hydrogen (secondary N) is 2. The summed E-state index contributed by atoms with van der Waals surface area (Å²) in [6.07, 6.45) is 5.65. The number of thiazole rings is 1. The Morgan fingerprint density at radius 3 is 3.17 bits per heavy atom. The third-order valence-corrected chi connectivity index (χ3v) is 3.92. The summed E-state index contributed by atoms with van der Waals surface area (Å²) in [4.78, 5) is 11.8. The van der Waals surface area contributed by atoms with Crippen LogP contribution < -0.4 is 5.32 Å². The molecule has 0 saturated carbocycles. The highest BCUT2D eigenvalue weighted by Crippen LogP contribution is 2.18. The van der Waals surface area contributed by atoms with Gasteiger partial charge >= 0.3 is 0 Å². The van der Waals surface area contributed by atoms with Gasteiger partial charge < -0.3 is 10.3 Å². The molecule has 0 spiro atoms. The topological polar surface area (TPSA) is 53.6 Å². The fourth-order valence-electron chi connectivity index (χ4n) is 1.96. The molecular formula is C13H14N4S. The number of hydrogen-bond donors (Lipinski definition) is 2. The van der Waals surface area contributed by atoms with Gasteiger partial charge in [0.15, 0.2) is 0 Å². The van der Waals surface area contributed by atoms with Crippen molar-refractivity contribution in [2.45, 2.75) is 19.5 Å². The Hall–Kier alpha value is -1.72. The molecule has 0 aliphatic rings. The second-order valence-electron chi connectivity index (χ2n) is 4.19. The third kappa shape index (κ3) is 2.14. The standard InChI is InChI=1S/C13H14N4S/c1-9(13-15-5-6-18-13)16-7-10-8-17-12-11(10)3-2-4-14-12/h2-6,8-9,16H,7H2,1H3,(H,14,17). The molecule has 0 bridgehead atoms. The summed E-state index contributed by atoms with van der Waals surface area (Å²) in [5, 5.41) is 7.78. The highest BCUT2D eigenvalue weighted by molar-refractivity contribution is 7.09. The summed E-state index contributed by atoms with van der Waals surface area (Å²) in [5.41, 5.74) is 2.18. The average molecular weight is 258 g/mol. The van der Waals surface area contributed by atoms with Crippen LogP contribution in [-0.4, -0.2) is 15.0 Å². The smallest absolute Gasteiger partial charge is 0.137 e. The Balaban J connectivity index is 1.73. The minimum absolute atomic E-state index is 0.270. The lowest BCUT2D eigenvalue weighted by molar-refractivity contribution is 0.573. The summed E-state index contributed by atoms with van der Waals surface area (Å²) in [5.74, 6) is 0. The fraction of sp³-hybridized carbons (Fsp3) is 0.231. The van der Waals surface area contributed by atoms with Crippen molar-refractivity contribution in [2.24, 2.45) is 0 Å². The second-order valence-corrected chi connectivity index (χ2v) is 5.11. The summed E-state index contributed by atoms with van der Waals surface area (Å²) >= 11 is 1.68. The Labute approximate surface area is 109 Å². The Morgan fingerprint density at radius 1 is 1.39 bits per heavy atom. The quantitative estimate of drug-likeness (QED) is 0.756. The van der Waals surface area contributed by atoms with Gasteiger partial charge in [0, 0.05) is 35.9 Å². The molecular weight excluding hydrogens is 244 g/mol. The van der Waals surface area contributed by atoms with E-state index in [2.05, 4.69) is 33.3 Å². The zero-order valence-electron chi connectivity index (χ0n) is 10.1. The SMILES string of the molecule is CC(NCc1c[nH]c2ncccc12)c1nccs1. The number of aromatic amines is 1. The monoisotopic (exact) mass is 258 g/mol. The predicted molar refractivity (Wildman–Crippen MR) is 73.5 cm³/mol. The molecule has 3 aromatic heterocycles. The highest BCUT2D eigenvalue weighted by Gasteiger charge is 2.09. The van der Waals surface area contributed by atoms with Crippen LogP contribution in [0.15, 0.2) is 36.1 Å². The van der Waals surface area contributed by atoms with Crippen LogP contribution in [0.1, 0.15) is 23.5 Å². The summed E-state index contributed by atoms with van der Waals surface area (Å²) in [6.45, 7) is 2.94. The second kappa shape index (κ2) is 4.88. The van der Waals surface area contributed by atoms with Crippen LogP contribution in [0.25, 0.3) is 11.0 Å². The molecule has 4 nitrogen and oxygen atoms in total. The van der Waals surface area contributed by atoms with Crippen LogP contribution in [-0.2, 0) is 6.54 Å². The lowest BCUT2D eigenvalue weighted by Crippen LogP contribution is -2.17. The van der Waals surface area contributed by atoms with Crippen LogP contribution in [0.3, 0.4) is 0 Å². The largest absolute Gasteiger partial charge is 0.346 e. The van der Waals surface area contributed by atoms with Crippen LogP contribution in [0.5, 0.6) is 0 Å². The van der Waals surface area contributed by atoms with Gasteiger partial charge in [0.2, 0.25) is 0 Å². The number of hydrogen-bond acceptors (Lipinski definition) is 4. The average Bonchev–Trinajstić information content (AvgIpc) is 3.06. The van der Waals surface area contributed by atoms with Gasteiger partial charge in [0.1, 0.15) is 10.7 Å². The van der Waals surface area contributed by atoms with E-state index in [9.17, 15) is 0 Å².